The van der Waals surface area contributed by atoms with E-state index in [1.165, 1.54) is 12.1 Å². The summed E-state index contributed by atoms with van der Waals surface area (Å²) in [4.78, 5) is 17.8. The molecule has 40 heavy (non-hydrogen) atoms. The van der Waals surface area contributed by atoms with Gasteiger partial charge in [-0.3, -0.25) is 9.78 Å². The van der Waals surface area contributed by atoms with Crippen LogP contribution in [-0.4, -0.2) is 40.8 Å². The number of benzene rings is 2. The number of amides is 1. The average molecular weight is 554 g/mol. The van der Waals surface area contributed by atoms with Gasteiger partial charge in [0.1, 0.15) is 17.4 Å². The second-order valence-corrected chi connectivity index (χ2v) is 10.1. The van der Waals surface area contributed by atoms with Gasteiger partial charge in [-0.1, -0.05) is 45.7 Å². The molecule has 2 atom stereocenters. The van der Waals surface area contributed by atoms with E-state index < -0.39 is 29.7 Å². The van der Waals surface area contributed by atoms with E-state index in [2.05, 4.69) is 29.5 Å². The van der Waals surface area contributed by atoms with Gasteiger partial charge in [-0.05, 0) is 73.7 Å². The van der Waals surface area contributed by atoms with Crippen LogP contribution in [0.15, 0.2) is 60.7 Å². The molecule has 3 N–H and O–H groups in total. The molecule has 0 unspecified atom stereocenters. The maximum atomic E-state index is 13.9. The highest BCUT2D eigenvalue weighted by molar-refractivity contribution is 5.94. The van der Waals surface area contributed by atoms with Crippen molar-refractivity contribution in [2.24, 2.45) is 0 Å². The molecular formula is C32H41F2N3O3. The number of pyridine rings is 1. The number of ether oxygens (including phenoxy) is 1. The molecule has 0 aliphatic carbocycles. The fourth-order valence-corrected chi connectivity index (χ4v) is 4.64. The standard InChI is InChI=1S/C32H41F2N3O3/c1-4-9-28(10-5-2)40-29-14-7-11-23(18-29)32(39)37-30(17-22-15-24(33)19-25(34)16-22)31(38)21-35-20-27-13-8-12-26(6-3)36-27/h7-8,11-16,18-19,28,30-31,35,38H,4-6,9-10,17,20-21H2,1-3H3,(H,37,39)/t30-,31+/m0/s1. The minimum atomic E-state index is -1.04. The van der Waals surface area contributed by atoms with E-state index in [-0.39, 0.29) is 19.1 Å². The van der Waals surface area contributed by atoms with Crippen LogP contribution in [0.5, 0.6) is 5.75 Å². The predicted molar refractivity (Wildman–Crippen MR) is 153 cm³/mol. The molecule has 0 radical (unpaired) electrons. The summed E-state index contributed by atoms with van der Waals surface area (Å²) < 4.78 is 33.9. The molecule has 0 aliphatic rings. The Bertz CT molecular complexity index is 1200. The zero-order valence-electron chi connectivity index (χ0n) is 23.6. The summed E-state index contributed by atoms with van der Waals surface area (Å²) in [5, 5.41) is 17.1. The molecule has 0 spiro atoms. The number of aliphatic hydroxyl groups excluding tert-OH is 1. The Balaban J connectivity index is 1.72. The molecular weight excluding hydrogens is 512 g/mol. The first-order chi connectivity index (χ1) is 19.3. The van der Waals surface area contributed by atoms with Crippen molar-refractivity contribution < 1.29 is 23.4 Å². The van der Waals surface area contributed by atoms with Gasteiger partial charge in [-0.25, -0.2) is 8.78 Å². The Morgan fingerprint density at radius 3 is 2.30 bits per heavy atom. The number of hydrogen-bond donors (Lipinski definition) is 3. The quantitative estimate of drug-likeness (QED) is 0.210. The summed E-state index contributed by atoms with van der Waals surface area (Å²) in [5.74, 6) is -1.24. The Morgan fingerprint density at radius 2 is 1.62 bits per heavy atom. The van der Waals surface area contributed by atoms with Gasteiger partial charge in [0.2, 0.25) is 0 Å². The summed E-state index contributed by atoms with van der Waals surface area (Å²) in [6.07, 6.45) is 3.74. The fourth-order valence-electron chi connectivity index (χ4n) is 4.64. The van der Waals surface area contributed by atoms with Crippen molar-refractivity contribution in [3.05, 3.63) is 94.8 Å². The molecule has 8 heteroatoms. The van der Waals surface area contributed by atoms with Gasteiger partial charge in [0.15, 0.2) is 0 Å². The summed E-state index contributed by atoms with van der Waals surface area (Å²) in [5.41, 5.74) is 2.51. The van der Waals surface area contributed by atoms with E-state index in [1.54, 1.807) is 18.2 Å². The Morgan fingerprint density at radius 1 is 0.950 bits per heavy atom. The van der Waals surface area contributed by atoms with Crippen molar-refractivity contribution in [1.82, 2.24) is 15.6 Å². The molecule has 2 aromatic carbocycles. The second kappa shape index (κ2) is 16.0. The SMILES string of the molecule is CCCC(CCC)Oc1cccc(C(=O)N[C@@H](Cc2cc(F)cc(F)c2)[C@H](O)CNCc2cccc(CC)n2)c1. The molecule has 1 aromatic heterocycles. The fraction of sp³-hybridized carbons (Fsp3) is 0.438. The summed E-state index contributed by atoms with van der Waals surface area (Å²) in [6, 6.07) is 15.1. The highest BCUT2D eigenvalue weighted by Gasteiger charge is 2.23. The monoisotopic (exact) mass is 553 g/mol. The highest BCUT2D eigenvalue weighted by atomic mass is 19.1. The number of aliphatic hydroxyl groups is 1. The van der Waals surface area contributed by atoms with Gasteiger partial charge in [0.25, 0.3) is 5.91 Å². The molecule has 1 amide bonds. The molecule has 6 nitrogen and oxygen atoms in total. The first kappa shape index (κ1) is 31.2. The third-order valence-corrected chi connectivity index (χ3v) is 6.67. The zero-order chi connectivity index (χ0) is 28.9. The third-order valence-electron chi connectivity index (χ3n) is 6.67. The number of aryl methyl sites for hydroxylation is 1. The molecule has 216 valence electrons. The number of nitrogens with zero attached hydrogens (tertiary/aromatic N) is 1. The van der Waals surface area contributed by atoms with E-state index in [1.807, 2.05) is 31.2 Å². The van der Waals surface area contributed by atoms with Crippen LogP contribution in [-0.2, 0) is 19.4 Å². The number of aromatic nitrogens is 1. The number of carbonyl (C=O) groups excluding carboxylic acids is 1. The lowest BCUT2D eigenvalue weighted by atomic mass is 10.00. The minimum absolute atomic E-state index is 0.0398. The van der Waals surface area contributed by atoms with Crippen LogP contribution in [0.3, 0.4) is 0 Å². The molecule has 0 saturated carbocycles. The number of nitrogens with one attached hydrogen (secondary N) is 2. The summed E-state index contributed by atoms with van der Waals surface area (Å²) in [7, 11) is 0. The van der Waals surface area contributed by atoms with Gasteiger partial charge in [0.05, 0.1) is 23.9 Å². The van der Waals surface area contributed by atoms with Crippen LogP contribution in [0.25, 0.3) is 0 Å². The lowest BCUT2D eigenvalue weighted by Crippen LogP contribution is -2.48. The van der Waals surface area contributed by atoms with E-state index in [4.69, 9.17) is 4.74 Å². The van der Waals surface area contributed by atoms with Crippen LogP contribution in [0.4, 0.5) is 8.78 Å². The first-order valence-electron chi connectivity index (χ1n) is 14.2. The van der Waals surface area contributed by atoms with Crippen LogP contribution in [0.2, 0.25) is 0 Å². The molecule has 0 bridgehead atoms. The Kier molecular flexibility index (Phi) is 12.5. The van der Waals surface area contributed by atoms with E-state index in [9.17, 15) is 18.7 Å². The van der Waals surface area contributed by atoms with Gasteiger partial charge in [0, 0.05) is 30.4 Å². The van der Waals surface area contributed by atoms with E-state index >= 15 is 0 Å². The largest absolute Gasteiger partial charge is 0.490 e. The van der Waals surface area contributed by atoms with Crippen LogP contribution in [0.1, 0.15) is 73.8 Å². The van der Waals surface area contributed by atoms with Crippen molar-refractivity contribution in [2.45, 2.75) is 84.1 Å². The van der Waals surface area contributed by atoms with E-state index in [0.29, 0.717) is 23.4 Å². The smallest absolute Gasteiger partial charge is 0.251 e. The topological polar surface area (TPSA) is 83.5 Å². The van der Waals surface area contributed by atoms with Gasteiger partial charge < -0.3 is 20.5 Å². The lowest BCUT2D eigenvalue weighted by molar-refractivity contribution is 0.0828. The normalized spacial score (nSPS) is 12.8. The van der Waals surface area contributed by atoms with Crippen LogP contribution >= 0.6 is 0 Å². The van der Waals surface area contributed by atoms with Crippen molar-refractivity contribution in [3.63, 3.8) is 0 Å². The molecule has 0 aliphatic heterocycles. The van der Waals surface area contributed by atoms with E-state index in [0.717, 1.165) is 49.6 Å². The van der Waals surface area contributed by atoms with Gasteiger partial charge in [-0.2, -0.15) is 0 Å². The summed E-state index contributed by atoms with van der Waals surface area (Å²) >= 11 is 0. The van der Waals surface area contributed by atoms with Gasteiger partial charge in [-0.15, -0.1) is 0 Å². The maximum absolute atomic E-state index is 13.9. The first-order valence-corrected chi connectivity index (χ1v) is 14.2. The van der Waals surface area contributed by atoms with Crippen molar-refractivity contribution in [2.75, 3.05) is 6.54 Å². The molecule has 3 aromatic rings. The van der Waals surface area contributed by atoms with Crippen LogP contribution in [0, 0.1) is 11.6 Å². The second-order valence-electron chi connectivity index (χ2n) is 10.1. The summed E-state index contributed by atoms with van der Waals surface area (Å²) in [6.45, 7) is 6.82. The number of carbonyl (C=O) groups is 1. The minimum Gasteiger partial charge on any atom is -0.490 e. The predicted octanol–water partition coefficient (Wildman–Crippen LogP) is 5.76. The van der Waals surface area contributed by atoms with Gasteiger partial charge >= 0.3 is 0 Å². The Hall–Kier alpha value is -3.36. The molecule has 0 fully saturated rings. The zero-order valence-corrected chi connectivity index (χ0v) is 23.6. The van der Waals surface area contributed by atoms with Crippen molar-refractivity contribution >= 4 is 5.91 Å². The van der Waals surface area contributed by atoms with Crippen molar-refractivity contribution in [1.29, 1.82) is 0 Å². The molecule has 1 heterocycles. The highest BCUT2D eigenvalue weighted by Crippen LogP contribution is 2.20. The van der Waals surface area contributed by atoms with Crippen LogP contribution < -0.4 is 15.4 Å². The third kappa shape index (κ3) is 9.99. The molecule has 0 saturated heterocycles. The van der Waals surface area contributed by atoms with Crippen molar-refractivity contribution in [3.8, 4) is 5.75 Å². The number of rotatable bonds is 16. The average Bonchev–Trinajstić information content (AvgIpc) is 2.92. The lowest BCUT2D eigenvalue weighted by Gasteiger charge is -2.25. The molecule has 3 rings (SSSR count). The number of halogens is 2. The number of hydrogen-bond acceptors (Lipinski definition) is 5. The maximum Gasteiger partial charge on any atom is 0.251 e. The Labute approximate surface area is 236 Å².